The summed E-state index contributed by atoms with van der Waals surface area (Å²) in [6.07, 6.45) is 3.10. The van der Waals surface area contributed by atoms with Gasteiger partial charge in [-0.15, -0.1) is 5.10 Å². The Morgan fingerprint density at radius 1 is 1.24 bits per heavy atom. The van der Waals surface area contributed by atoms with E-state index in [1.54, 1.807) is 22.2 Å². The average molecular weight is 406 g/mol. The van der Waals surface area contributed by atoms with E-state index in [-0.39, 0.29) is 11.9 Å². The zero-order chi connectivity index (χ0) is 19.6. The summed E-state index contributed by atoms with van der Waals surface area (Å²) < 4.78 is 7.15. The molecule has 0 saturated carbocycles. The second-order valence-corrected chi connectivity index (χ2v) is 7.74. The molecule has 146 valence electrons. The predicted molar refractivity (Wildman–Crippen MR) is 107 cm³/mol. The highest BCUT2D eigenvalue weighted by atomic mass is 32.1. The number of nitrogens with zero attached hydrogens (tertiary/aromatic N) is 6. The summed E-state index contributed by atoms with van der Waals surface area (Å²) in [5.74, 6) is 0.996. The maximum atomic E-state index is 12.5. The lowest BCUT2D eigenvalue weighted by atomic mass is 10.2. The third kappa shape index (κ3) is 3.68. The van der Waals surface area contributed by atoms with Gasteiger partial charge in [-0.3, -0.25) is 4.79 Å². The molecule has 5 rings (SSSR count). The second kappa shape index (κ2) is 7.59. The summed E-state index contributed by atoms with van der Waals surface area (Å²) >= 11 is 1.61. The molecule has 0 aliphatic carbocycles. The third-order valence-corrected chi connectivity index (χ3v) is 5.75. The van der Waals surface area contributed by atoms with Crippen LogP contribution in [0.5, 0.6) is 0 Å². The van der Waals surface area contributed by atoms with E-state index in [1.807, 2.05) is 52.1 Å². The summed E-state index contributed by atoms with van der Waals surface area (Å²) in [4.78, 5) is 18.8. The zero-order valence-electron chi connectivity index (χ0n) is 15.5. The van der Waals surface area contributed by atoms with E-state index in [0.29, 0.717) is 30.4 Å². The van der Waals surface area contributed by atoms with Crippen LogP contribution in [0.15, 0.2) is 57.9 Å². The van der Waals surface area contributed by atoms with E-state index in [2.05, 4.69) is 20.5 Å². The molecule has 4 aromatic rings. The van der Waals surface area contributed by atoms with Gasteiger partial charge in [0, 0.05) is 18.7 Å². The molecule has 1 atom stereocenters. The molecule has 4 heterocycles. The Labute approximate surface area is 170 Å². The first-order valence-electron chi connectivity index (χ1n) is 9.36. The molecule has 1 aromatic carbocycles. The van der Waals surface area contributed by atoms with Crippen molar-refractivity contribution in [1.82, 2.24) is 30.0 Å². The Morgan fingerprint density at radius 2 is 2.14 bits per heavy atom. The maximum absolute atomic E-state index is 12.5. The average Bonchev–Trinajstić information content (AvgIpc) is 3.55. The van der Waals surface area contributed by atoms with Gasteiger partial charge in [-0.05, 0) is 28.8 Å². The van der Waals surface area contributed by atoms with Gasteiger partial charge in [0.1, 0.15) is 0 Å². The number of amides is 1. The fourth-order valence-corrected chi connectivity index (χ4v) is 4.12. The van der Waals surface area contributed by atoms with E-state index >= 15 is 0 Å². The quantitative estimate of drug-likeness (QED) is 0.506. The number of rotatable bonds is 5. The predicted octanol–water partition coefficient (Wildman–Crippen LogP) is 3.07. The van der Waals surface area contributed by atoms with Gasteiger partial charge in [0.05, 0.1) is 18.7 Å². The van der Waals surface area contributed by atoms with E-state index < -0.39 is 0 Å². The molecule has 0 N–H and O–H groups in total. The smallest absolute Gasteiger partial charge is 0.280 e. The normalized spacial score (nSPS) is 16.4. The minimum atomic E-state index is 0.0965. The van der Waals surface area contributed by atoms with Crippen LogP contribution in [-0.4, -0.2) is 49.0 Å². The van der Waals surface area contributed by atoms with Crippen LogP contribution in [0.4, 0.5) is 0 Å². The highest BCUT2D eigenvalue weighted by Crippen LogP contribution is 2.25. The first-order chi connectivity index (χ1) is 14.3. The van der Waals surface area contributed by atoms with Crippen molar-refractivity contribution >= 4 is 17.2 Å². The molecular formula is C20H18N6O2S. The van der Waals surface area contributed by atoms with Crippen molar-refractivity contribution < 1.29 is 9.32 Å². The van der Waals surface area contributed by atoms with Gasteiger partial charge in [-0.25, -0.2) is 4.68 Å². The van der Waals surface area contributed by atoms with Gasteiger partial charge in [-0.2, -0.15) is 16.3 Å². The Balaban J connectivity index is 1.26. The molecule has 29 heavy (non-hydrogen) atoms. The standard InChI is InChI=1S/C20H18N6O2S/c27-18(10-14-7-9-29-13-14)25-8-6-16(11-25)26-12-17(22-24-26)20-21-19(23-28-20)15-4-2-1-3-5-15/h1-5,7,9,12-13,16H,6,8,10-11H2/t16-/m0/s1. The van der Waals surface area contributed by atoms with Crippen LogP contribution in [0, 0.1) is 0 Å². The number of carbonyl (C=O) groups is 1. The van der Waals surface area contributed by atoms with Crippen LogP contribution in [0.1, 0.15) is 18.0 Å². The summed E-state index contributed by atoms with van der Waals surface area (Å²) in [5.41, 5.74) is 2.48. The Kier molecular flexibility index (Phi) is 4.65. The number of thiophene rings is 1. The molecule has 0 bridgehead atoms. The van der Waals surface area contributed by atoms with Crippen molar-refractivity contribution in [2.24, 2.45) is 0 Å². The molecule has 8 nitrogen and oxygen atoms in total. The van der Waals surface area contributed by atoms with Crippen molar-refractivity contribution in [3.63, 3.8) is 0 Å². The zero-order valence-corrected chi connectivity index (χ0v) is 16.3. The van der Waals surface area contributed by atoms with Crippen LogP contribution >= 0.6 is 11.3 Å². The highest BCUT2D eigenvalue weighted by molar-refractivity contribution is 7.08. The van der Waals surface area contributed by atoms with Gasteiger partial charge in [0.25, 0.3) is 5.89 Å². The monoisotopic (exact) mass is 406 g/mol. The van der Waals surface area contributed by atoms with Gasteiger partial charge in [0.15, 0.2) is 5.69 Å². The number of likely N-dealkylation sites (tertiary alicyclic amines) is 1. The van der Waals surface area contributed by atoms with Crippen LogP contribution in [0.3, 0.4) is 0 Å². The molecule has 1 aliphatic heterocycles. The number of benzene rings is 1. The van der Waals surface area contributed by atoms with Crippen molar-refractivity contribution in [3.05, 3.63) is 58.9 Å². The van der Waals surface area contributed by atoms with E-state index in [9.17, 15) is 4.79 Å². The third-order valence-electron chi connectivity index (χ3n) is 5.01. The van der Waals surface area contributed by atoms with Crippen molar-refractivity contribution in [3.8, 4) is 23.0 Å². The molecule has 1 fully saturated rings. The largest absolute Gasteiger partial charge is 0.340 e. The summed E-state index contributed by atoms with van der Waals surface area (Å²) in [6, 6.07) is 11.7. The van der Waals surface area contributed by atoms with Gasteiger partial charge in [0.2, 0.25) is 11.7 Å². The molecule has 0 spiro atoms. The number of hydrogen-bond donors (Lipinski definition) is 0. The number of carbonyl (C=O) groups excluding carboxylic acids is 1. The molecular weight excluding hydrogens is 388 g/mol. The van der Waals surface area contributed by atoms with Crippen LogP contribution in [0.25, 0.3) is 23.0 Å². The molecule has 1 saturated heterocycles. The highest BCUT2D eigenvalue weighted by Gasteiger charge is 2.28. The van der Waals surface area contributed by atoms with E-state index in [4.69, 9.17) is 4.52 Å². The Bertz CT molecular complexity index is 1110. The summed E-state index contributed by atoms with van der Waals surface area (Å²) in [6.45, 7) is 1.35. The molecule has 0 unspecified atom stereocenters. The molecule has 0 radical (unpaired) electrons. The minimum Gasteiger partial charge on any atom is -0.340 e. The lowest BCUT2D eigenvalue weighted by Gasteiger charge is -2.16. The fraction of sp³-hybridized carbons (Fsp3) is 0.250. The van der Waals surface area contributed by atoms with Gasteiger partial charge in [-0.1, -0.05) is 40.7 Å². The molecule has 3 aromatic heterocycles. The van der Waals surface area contributed by atoms with Crippen LogP contribution in [-0.2, 0) is 11.2 Å². The lowest BCUT2D eigenvalue weighted by molar-refractivity contribution is -0.129. The first kappa shape index (κ1) is 17.7. The van der Waals surface area contributed by atoms with Crippen LogP contribution in [0.2, 0.25) is 0 Å². The van der Waals surface area contributed by atoms with Crippen molar-refractivity contribution in [1.29, 1.82) is 0 Å². The fourth-order valence-electron chi connectivity index (χ4n) is 3.45. The molecule has 1 amide bonds. The topological polar surface area (TPSA) is 89.9 Å². The molecule has 1 aliphatic rings. The first-order valence-corrected chi connectivity index (χ1v) is 10.3. The minimum absolute atomic E-state index is 0.0965. The van der Waals surface area contributed by atoms with E-state index in [0.717, 1.165) is 24.1 Å². The Hall–Kier alpha value is -3.33. The van der Waals surface area contributed by atoms with Crippen molar-refractivity contribution in [2.75, 3.05) is 13.1 Å². The number of hydrogen-bond acceptors (Lipinski definition) is 7. The second-order valence-electron chi connectivity index (χ2n) is 6.96. The van der Waals surface area contributed by atoms with Gasteiger partial charge < -0.3 is 9.42 Å². The van der Waals surface area contributed by atoms with Gasteiger partial charge >= 0.3 is 0 Å². The Morgan fingerprint density at radius 3 is 2.97 bits per heavy atom. The molecule has 9 heteroatoms. The van der Waals surface area contributed by atoms with Crippen molar-refractivity contribution in [2.45, 2.75) is 18.9 Å². The van der Waals surface area contributed by atoms with E-state index in [1.165, 1.54) is 0 Å². The SMILES string of the molecule is O=C(Cc1ccsc1)N1CC[C@H](n2cc(-c3nc(-c4ccccc4)no3)nn2)C1. The number of aromatic nitrogens is 5. The summed E-state index contributed by atoms with van der Waals surface area (Å²) in [7, 11) is 0. The lowest BCUT2D eigenvalue weighted by Crippen LogP contribution is -2.30. The maximum Gasteiger partial charge on any atom is 0.280 e. The summed E-state index contributed by atoms with van der Waals surface area (Å²) in [5, 5.41) is 16.4. The van der Waals surface area contributed by atoms with Crippen LogP contribution < -0.4 is 0 Å².